The van der Waals surface area contributed by atoms with E-state index in [-0.39, 0.29) is 12.4 Å². The molecular formula is C13H15ClN2O. The van der Waals surface area contributed by atoms with Gasteiger partial charge in [0.05, 0.1) is 0 Å². The number of halogens is 1. The van der Waals surface area contributed by atoms with Crippen molar-refractivity contribution in [3.8, 4) is 11.5 Å². The van der Waals surface area contributed by atoms with Crippen LogP contribution in [0.4, 0.5) is 0 Å². The Morgan fingerprint density at radius 3 is 2.35 bits per heavy atom. The highest BCUT2D eigenvalue weighted by molar-refractivity contribution is 5.85. The molecule has 0 radical (unpaired) electrons. The zero-order valence-electron chi connectivity index (χ0n) is 9.30. The molecule has 90 valence electrons. The fraction of sp³-hybridized carbons (Fsp3) is 0.0769. The molecule has 2 aromatic rings. The van der Waals surface area contributed by atoms with Crippen LogP contribution in [-0.4, -0.2) is 0 Å². The first-order valence-corrected chi connectivity index (χ1v) is 5.14. The van der Waals surface area contributed by atoms with Gasteiger partial charge in [0.15, 0.2) is 0 Å². The number of para-hydroxylation sites is 1. The lowest BCUT2D eigenvalue weighted by atomic mass is 10.2. The van der Waals surface area contributed by atoms with E-state index in [1.54, 1.807) is 0 Å². The van der Waals surface area contributed by atoms with E-state index in [0.29, 0.717) is 6.54 Å². The lowest BCUT2D eigenvalue weighted by Crippen LogP contribution is -2.20. The van der Waals surface area contributed by atoms with Gasteiger partial charge >= 0.3 is 0 Å². The number of hydrogen-bond acceptors (Lipinski definition) is 3. The third-order valence-electron chi connectivity index (χ3n) is 2.18. The average Bonchev–Trinajstić information content (AvgIpc) is 2.31. The van der Waals surface area contributed by atoms with E-state index in [2.05, 4.69) is 5.43 Å². The smallest absolute Gasteiger partial charge is 0.127 e. The number of ether oxygens (including phenoxy) is 1. The van der Waals surface area contributed by atoms with Crippen LogP contribution < -0.4 is 16.0 Å². The molecule has 0 spiro atoms. The zero-order valence-corrected chi connectivity index (χ0v) is 10.1. The van der Waals surface area contributed by atoms with Crippen molar-refractivity contribution in [3.05, 3.63) is 60.2 Å². The van der Waals surface area contributed by atoms with Gasteiger partial charge in [0.2, 0.25) is 0 Å². The summed E-state index contributed by atoms with van der Waals surface area (Å²) in [5.74, 6) is 6.92. The van der Waals surface area contributed by atoms with Gasteiger partial charge in [-0.25, -0.2) is 0 Å². The van der Waals surface area contributed by atoms with E-state index >= 15 is 0 Å². The van der Waals surface area contributed by atoms with Crippen molar-refractivity contribution in [1.29, 1.82) is 0 Å². The molecule has 0 saturated heterocycles. The molecule has 3 N–H and O–H groups in total. The van der Waals surface area contributed by atoms with Crippen molar-refractivity contribution in [3.63, 3.8) is 0 Å². The van der Waals surface area contributed by atoms with Crippen LogP contribution in [0.5, 0.6) is 11.5 Å². The maximum Gasteiger partial charge on any atom is 0.127 e. The van der Waals surface area contributed by atoms with Gasteiger partial charge in [0, 0.05) is 6.54 Å². The molecule has 0 unspecified atom stereocenters. The minimum Gasteiger partial charge on any atom is -0.457 e. The van der Waals surface area contributed by atoms with Gasteiger partial charge in [0.25, 0.3) is 0 Å². The second kappa shape index (κ2) is 6.91. The number of rotatable bonds is 4. The quantitative estimate of drug-likeness (QED) is 0.648. The molecule has 0 heterocycles. The first kappa shape index (κ1) is 13.5. The molecule has 0 bridgehead atoms. The topological polar surface area (TPSA) is 47.3 Å². The van der Waals surface area contributed by atoms with Crippen molar-refractivity contribution < 1.29 is 4.74 Å². The minimum atomic E-state index is 0. The number of benzene rings is 2. The molecule has 0 aromatic heterocycles. The molecule has 17 heavy (non-hydrogen) atoms. The molecule has 2 aromatic carbocycles. The summed E-state index contributed by atoms with van der Waals surface area (Å²) in [5.41, 5.74) is 3.71. The van der Waals surface area contributed by atoms with E-state index in [1.165, 1.54) is 0 Å². The van der Waals surface area contributed by atoms with E-state index < -0.39 is 0 Å². The third kappa shape index (κ3) is 4.07. The van der Waals surface area contributed by atoms with E-state index in [9.17, 15) is 0 Å². The Morgan fingerprint density at radius 2 is 1.65 bits per heavy atom. The Balaban J connectivity index is 0.00000144. The SMILES string of the molecule is Cl.NNCc1cccc(Oc2ccccc2)c1. The molecule has 0 saturated carbocycles. The normalized spacial score (nSPS) is 9.47. The highest BCUT2D eigenvalue weighted by Crippen LogP contribution is 2.21. The van der Waals surface area contributed by atoms with Crippen LogP contribution in [0, 0.1) is 0 Å². The van der Waals surface area contributed by atoms with Gasteiger partial charge in [-0.3, -0.25) is 11.3 Å². The monoisotopic (exact) mass is 250 g/mol. The minimum absolute atomic E-state index is 0. The summed E-state index contributed by atoms with van der Waals surface area (Å²) >= 11 is 0. The molecular weight excluding hydrogens is 236 g/mol. The standard InChI is InChI=1S/C13H14N2O.ClH/c14-15-10-11-5-4-8-13(9-11)16-12-6-2-1-3-7-12;/h1-9,15H,10,14H2;1H. The molecule has 3 nitrogen and oxygen atoms in total. The molecule has 0 amide bonds. The Labute approximate surface area is 107 Å². The summed E-state index contributed by atoms with van der Waals surface area (Å²) < 4.78 is 5.70. The van der Waals surface area contributed by atoms with E-state index in [4.69, 9.17) is 10.6 Å². The Kier molecular flexibility index (Phi) is 5.49. The summed E-state index contributed by atoms with van der Waals surface area (Å²) in [5, 5.41) is 0. The number of hydrazine groups is 1. The highest BCUT2D eigenvalue weighted by Gasteiger charge is 1.97. The molecule has 0 aliphatic rings. The van der Waals surface area contributed by atoms with Crippen molar-refractivity contribution in [2.45, 2.75) is 6.54 Å². The number of nitrogens with two attached hydrogens (primary N) is 1. The molecule has 2 rings (SSSR count). The molecule has 0 fully saturated rings. The highest BCUT2D eigenvalue weighted by atomic mass is 35.5. The van der Waals surface area contributed by atoms with Crippen molar-refractivity contribution in [2.24, 2.45) is 5.84 Å². The van der Waals surface area contributed by atoms with Crippen molar-refractivity contribution in [2.75, 3.05) is 0 Å². The number of hydrogen-bond donors (Lipinski definition) is 2. The van der Waals surface area contributed by atoms with Gasteiger partial charge < -0.3 is 4.74 Å². The van der Waals surface area contributed by atoms with Crippen LogP contribution in [0.15, 0.2) is 54.6 Å². The fourth-order valence-corrected chi connectivity index (χ4v) is 1.46. The lowest BCUT2D eigenvalue weighted by Gasteiger charge is -2.07. The van der Waals surface area contributed by atoms with Crippen molar-refractivity contribution >= 4 is 12.4 Å². The Hall–Kier alpha value is -1.55. The Morgan fingerprint density at radius 1 is 0.941 bits per heavy atom. The second-order valence-electron chi connectivity index (χ2n) is 3.44. The number of nitrogens with one attached hydrogen (secondary N) is 1. The summed E-state index contributed by atoms with van der Waals surface area (Å²) in [6.45, 7) is 0.631. The van der Waals surface area contributed by atoms with Crippen LogP contribution in [0.25, 0.3) is 0 Å². The summed E-state index contributed by atoms with van der Waals surface area (Å²) in [6.07, 6.45) is 0. The zero-order chi connectivity index (χ0) is 11.2. The molecule has 0 aliphatic heterocycles. The molecule has 0 aliphatic carbocycles. The predicted octanol–water partition coefficient (Wildman–Crippen LogP) is 2.86. The first-order chi connectivity index (χ1) is 7.88. The summed E-state index contributed by atoms with van der Waals surface area (Å²) in [7, 11) is 0. The average molecular weight is 251 g/mol. The van der Waals surface area contributed by atoms with Gasteiger partial charge in [-0.2, -0.15) is 0 Å². The van der Waals surface area contributed by atoms with Gasteiger partial charge in [-0.15, -0.1) is 12.4 Å². The fourth-order valence-electron chi connectivity index (χ4n) is 1.46. The van der Waals surface area contributed by atoms with Gasteiger partial charge in [-0.05, 0) is 29.8 Å². The summed E-state index contributed by atoms with van der Waals surface area (Å²) in [4.78, 5) is 0. The molecule has 0 atom stereocenters. The largest absolute Gasteiger partial charge is 0.457 e. The van der Waals surface area contributed by atoms with E-state index in [0.717, 1.165) is 17.1 Å². The third-order valence-corrected chi connectivity index (χ3v) is 2.18. The van der Waals surface area contributed by atoms with Crippen LogP contribution in [0.1, 0.15) is 5.56 Å². The first-order valence-electron chi connectivity index (χ1n) is 5.14. The van der Waals surface area contributed by atoms with Crippen LogP contribution >= 0.6 is 12.4 Å². The van der Waals surface area contributed by atoms with Crippen LogP contribution in [0.2, 0.25) is 0 Å². The van der Waals surface area contributed by atoms with Gasteiger partial charge in [-0.1, -0.05) is 30.3 Å². The predicted molar refractivity (Wildman–Crippen MR) is 71.2 cm³/mol. The van der Waals surface area contributed by atoms with Crippen LogP contribution in [-0.2, 0) is 6.54 Å². The lowest BCUT2D eigenvalue weighted by molar-refractivity contribution is 0.481. The van der Waals surface area contributed by atoms with Crippen LogP contribution in [0.3, 0.4) is 0 Å². The van der Waals surface area contributed by atoms with Crippen molar-refractivity contribution in [1.82, 2.24) is 5.43 Å². The van der Waals surface area contributed by atoms with Gasteiger partial charge in [0.1, 0.15) is 11.5 Å². The van der Waals surface area contributed by atoms with E-state index in [1.807, 2.05) is 54.6 Å². The second-order valence-corrected chi connectivity index (χ2v) is 3.44. The maximum absolute atomic E-state index is 5.70. The molecule has 4 heteroatoms. The maximum atomic E-state index is 5.70. The summed E-state index contributed by atoms with van der Waals surface area (Å²) in [6, 6.07) is 17.5. The Bertz CT molecular complexity index is 448.